The average molecular weight is 290 g/mol. The summed E-state index contributed by atoms with van der Waals surface area (Å²) in [6.45, 7) is 2.09. The molecule has 0 spiro atoms. The molecule has 108 valence electrons. The molecule has 3 aromatic rings. The van der Waals surface area contributed by atoms with Gasteiger partial charge < -0.3 is 5.11 Å². The summed E-state index contributed by atoms with van der Waals surface area (Å²) in [6.07, 6.45) is 0. The van der Waals surface area contributed by atoms with Crippen molar-refractivity contribution in [3.05, 3.63) is 89.2 Å². The lowest BCUT2D eigenvalue weighted by molar-refractivity contribution is 0.473. The third-order valence-corrected chi connectivity index (χ3v) is 4.70. The summed E-state index contributed by atoms with van der Waals surface area (Å²) in [5.74, 6) is -0.0148. The SMILES string of the molecule is CC1(c2cccc(F)c2)c2ccccc2-c2ccc(O)cc21. The lowest BCUT2D eigenvalue weighted by Gasteiger charge is -2.28. The summed E-state index contributed by atoms with van der Waals surface area (Å²) in [5, 5.41) is 9.94. The third-order valence-electron chi connectivity index (χ3n) is 4.70. The summed E-state index contributed by atoms with van der Waals surface area (Å²) in [4.78, 5) is 0. The van der Waals surface area contributed by atoms with Gasteiger partial charge in [-0.05, 0) is 59.0 Å². The number of fused-ring (bicyclic) bond motifs is 3. The Kier molecular flexibility index (Phi) is 2.64. The Labute approximate surface area is 128 Å². The van der Waals surface area contributed by atoms with E-state index in [-0.39, 0.29) is 11.6 Å². The van der Waals surface area contributed by atoms with Crippen LogP contribution >= 0.6 is 0 Å². The molecule has 0 saturated heterocycles. The maximum Gasteiger partial charge on any atom is 0.123 e. The van der Waals surface area contributed by atoms with Gasteiger partial charge in [0.2, 0.25) is 0 Å². The van der Waals surface area contributed by atoms with Gasteiger partial charge in [0, 0.05) is 5.41 Å². The van der Waals surface area contributed by atoms with E-state index in [0.717, 1.165) is 27.8 Å². The highest BCUT2D eigenvalue weighted by Crippen LogP contribution is 2.52. The molecular weight excluding hydrogens is 275 g/mol. The molecule has 3 aromatic carbocycles. The van der Waals surface area contributed by atoms with Gasteiger partial charge in [-0.2, -0.15) is 0 Å². The molecule has 0 aliphatic heterocycles. The maximum absolute atomic E-state index is 13.8. The van der Waals surface area contributed by atoms with Gasteiger partial charge in [-0.3, -0.25) is 0 Å². The summed E-state index contributed by atoms with van der Waals surface area (Å²) >= 11 is 0. The van der Waals surface area contributed by atoms with Crippen LogP contribution in [0.3, 0.4) is 0 Å². The first-order valence-corrected chi connectivity index (χ1v) is 7.30. The van der Waals surface area contributed by atoms with Crippen molar-refractivity contribution in [2.24, 2.45) is 0 Å². The Morgan fingerprint density at radius 3 is 2.41 bits per heavy atom. The van der Waals surface area contributed by atoms with Crippen LogP contribution in [0, 0.1) is 5.82 Å². The Hall–Kier alpha value is -2.61. The van der Waals surface area contributed by atoms with Gasteiger partial charge in [0.25, 0.3) is 0 Å². The number of rotatable bonds is 1. The molecule has 1 atom stereocenters. The van der Waals surface area contributed by atoms with Crippen molar-refractivity contribution in [1.82, 2.24) is 0 Å². The van der Waals surface area contributed by atoms with Gasteiger partial charge in [-0.15, -0.1) is 0 Å². The number of aromatic hydroxyl groups is 1. The van der Waals surface area contributed by atoms with Gasteiger partial charge in [-0.25, -0.2) is 4.39 Å². The fourth-order valence-corrected chi connectivity index (χ4v) is 3.59. The smallest absolute Gasteiger partial charge is 0.123 e. The van der Waals surface area contributed by atoms with Crippen molar-refractivity contribution >= 4 is 0 Å². The number of phenols is 1. The molecule has 1 aliphatic carbocycles. The standard InChI is InChI=1S/C20H15FO/c1-20(13-5-4-6-14(21)11-13)18-8-3-2-7-16(18)17-10-9-15(22)12-19(17)20/h2-12,22H,1H3. The molecule has 0 aromatic heterocycles. The zero-order chi connectivity index (χ0) is 15.3. The lowest BCUT2D eigenvalue weighted by atomic mass is 9.74. The minimum atomic E-state index is -0.466. The monoisotopic (exact) mass is 290 g/mol. The molecule has 1 unspecified atom stereocenters. The molecule has 1 aliphatic rings. The van der Waals surface area contributed by atoms with E-state index < -0.39 is 5.41 Å². The zero-order valence-electron chi connectivity index (χ0n) is 12.2. The van der Waals surface area contributed by atoms with E-state index in [4.69, 9.17) is 0 Å². The minimum Gasteiger partial charge on any atom is -0.508 e. The van der Waals surface area contributed by atoms with E-state index in [9.17, 15) is 9.50 Å². The zero-order valence-corrected chi connectivity index (χ0v) is 12.2. The fourth-order valence-electron chi connectivity index (χ4n) is 3.59. The van der Waals surface area contributed by atoms with Gasteiger partial charge in [-0.1, -0.05) is 42.5 Å². The highest BCUT2D eigenvalue weighted by Gasteiger charge is 2.40. The number of hydrogen-bond donors (Lipinski definition) is 1. The van der Waals surface area contributed by atoms with Crippen molar-refractivity contribution < 1.29 is 9.50 Å². The topological polar surface area (TPSA) is 20.2 Å². The number of halogens is 1. The van der Waals surface area contributed by atoms with E-state index in [1.165, 1.54) is 6.07 Å². The molecule has 4 rings (SSSR count). The Morgan fingerprint density at radius 1 is 0.818 bits per heavy atom. The molecule has 22 heavy (non-hydrogen) atoms. The van der Waals surface area contributed by atoms with E-state index in [1.54, 1.807) is 24.3 Å². The van der Waals surface area contributed by atoms with Crippen molar-refractivity contribution in [2.75, 3.05) is 0 Å². The van der Waals surface area contributed by atoms with Crippen LogP contribution in [0.5, 0.6) is 5.75 Å². The quantitative estimate of drug-likeness (QED) is 0.678. The summed E-state index contributed by atoms with van der Waals surface area (Å²) < 4.78 is 13.8. The molecule has 1 nitrogen and oxygen atoms in total. The van der Waals surface area contributed by atoms with Gasteiger partial charge in [0.05, 0.1) is 0 Å². The van der Waals surface area contributed by atoms with Crippen LogP contribution in [0.1, 0.15) is 23.6 Å². The molecule has 0 amide bonds. The molecule has 0 radical (unpaired) electrons. The van der Waals surface area contributed by atoms with Gasteiger partial charge in [0.1, 0.15) is 11.6 Å². The second kappa shape index (κ2) is 4.44. The van der Waals surface area contributed by atoms with Crippen molar-refractivity contribution in [1.29, 1.82) is 0 Å². The molecule has 0 bridgehead atoms. The van der Waals surface area contributed by atoms with Crippen LogP contribution in [0.15, 0.2) is 66.7 Å². The molecule has 1 N–H and O–H groups in total. The van der Waals surface area contributed by atoms with E-state index >= 15 is 0 Å². The Balaban J connectivity index is 2.09. The first-order chi connectivity index (χ1) is 10.6. The van der Waals surface area contributed by atoms with E-state index in [1.807, 2.05) is 24.3 Å². The average Bonchev–Trinajstić information content (AvgIpc) is 2.78. The van der Waals surface area contributed by atoms with E-state index in [0.29, 0.717) is 0 Å². The first-order valence-electron chi connectivity index (χ1n) is 7.30. The highest BCUT2D eigenvalue weighted by molar-refractivity contribution is 5.83. The third kappa shape index (κ3) is 1.64. The normalized spacial score (nSPS) is 18.8. The maximum atomic E-state index is 13.8. The molecule has 0 saturated carbocycles. The van der Waals surface area contributed by atoms with Crippen LogP contribution in [-0.2, 0) is 5.41 Å². The summed E-state index contributed by atoms with van der Waals surface area (Å²) in [5.41, 5.74) is 4.82. The van der Waals surface area contributed by atoms with Crippen LogP contribution in [0.25, 0.3) is 11.1 Å². The first kappa shape index (κ1) is 13.1. The van der Waals surface area contributed by atoms with Crippen LogP contribution in [0.4, 0.5) is 4.39 Å². The predicted octanol–water partition coefficient (Wildman–Crippen LogP) is 4.87. The lowest BCUT2D eigenvalue weighted by Crippen LogP contribution is -2.22. The van der Waals surface area contributed by atoms with Crippen LogP contribution < -0.4 is 0 Å². The minimum absolute atomic E-state index is 0.231. The van der Waals surface area contributed by atoms with Crippen molar-refractivity contribution in [2.45, 2.75) is 12.3 Å². The predicted molar refractivity (Wildman–Crippen MR) is 85.5 cm³/mol. The van der Waals surface area contributed by atoms with Crippen LogP contribution in [-0.4, -0.2) is 5.11 Å². The second-order valence-corrected chi connectivity index (χ2v) is 5.91. The largest absolute Gasteiger partial charge is 0.508 e. The molecule has 0 heterocycles. The summed E-state index contributed by atoms with van der Waals surface area (Å²) in [7, 11) is 0. The van der Waals surface area contributed by atoms with Crippen LogP contribution in [0.2, 0.25) is 0 Å². The van der Waals surface area contributed by atoms with E-state index in [2.05, 4.69) is 19.1 Å². The summed E-state index contributed by atoms with van der Waals surface area (Å²) in [6, 6.07) is 20.3. The van der Waals surface area contributed by atoms with Crippen molar-refractivity contribution in [3.8, 4) is 16.9 Å². The van der Waals surface area contributed by atoms with Gasteiger partial charge >= 0.3 is 0 Å². The van der Waals surface area contributed by atoms with Crippen molar-refractivity contribution in [3.63, 3.8) is 0 Å². The fraction of sp³-hybridized carbons (Fsp3) is 0.100. The molecule has 0 fully saturated rings. The molecular formula is C20H15FO. The number of phenolic OH excluding ortho intramolecular Hbond substituents is 1. The number of benzene rings is 3. The number of hydrogen-bond acceptors (Lipinski definition) is 1. The highest BCUT2D eigenvalue weighted by atomic mass is 19.1. The second-order valence-electron chi connectivity index (χ2n) is 5.91. The van der Waals surface area contributed by atoms with Gasteiger partial charge in [0.15, 0.2) is 0 Å². The molecule has 2 heteroatoms. The Morgan fingerprint density at radius 2 is 1.59 bits per heavy atom. The Bertz CT molecular complexity index is 884.